The lowest BCUT2D eigenvalue weighted by Crippen LogP contribution is -2.33. The first-order valence-corrected chi connectivity index (χ1v) is 6.54. The van der Waals surface area contributed by atoms with Crippen LogP contribution in [0, 0.1) is 23.1 Å². The number of benzene rings is 1. The zero-order valence-electron chi connectivity index (χ0n) is 9.50. The van der Waals surface area contributed by atoms with Gasteiger partial charge in [0.05, 0.1) is 6.07 Å². The third-order valence-corrected chi connectivity index (χ3v) is 3.67. The van der Waals surface area contributed by atoms with E-state index in [-0.39, 0.29) is 11.7 Å². The highest BCUT2D eigenvalue weighted by Gasteiger charge is 2.19. The van der Waals surface area contributed by atoms with E-state index in [1.165, 1.54) is 6.07 Å². The molecule has 0 spiro atoms. The average molecular weight is 297 g/mol. The van der Waals surface area contributed by atoms with Crippen LogP contribution in [0.25, 0.3) is 0 Å². The summed E-state index contributed by atoms with van der Waals surface area (Å²) in [5.74, 6) is 0.0165. The Morgan fingerprint density at radius 1 is 1.41 bits per heavy atom. The standard InChI is InChI=1S/C13H14BrFN2/c14-12-2-1-11(13(15)7-12)9-17-5-3-10(8-16)4-6-17/h1-2,7,10H,3-6,9H2. The van der Waals surface area contributed by atoms with Crippen molar-refractivity contribution < 1.29 is 4.39 Å². The smallest absolute Gasteiger partial charge is 0.128 e. The summed E-state index contributed by atoms with van der Waals surface area (Å²) in [6.07, 6.45) is 1.79. The number of halogens is 2. The van der Waals surface area contributed by atoms with Gasteiger partial charge in [-0.05, 0) is 38.1 Å². The van der Waals surface area contributed by atoms with Crippen LogP contribution in [-0.4, -0.2) is 18.0 Å². The van der Waals surface area contributed by atoms with Gasteiger partial charge in [0, 0.05) is 22.5 Å². The Morgan fingerprint density at radius 2 is 2.12 bits per heavy atom. The highest BCUT2D eigenvalue weighted by molar-refractivity contribution is 9.10. The molecule has 0 N–H and O–H groups in total. The fourth-order valence-electron chi connectivity index (χ4n) is 2.11. The molecule has 0 aliphatic carbocycles. The Balaban J connectivity index is 1.96. The zero-order valence-corrected chi connectivity index (χ0v) is 11.1. The molecule has 0 unspecified atom stereocenters. The van der Waals surface area contributed by atoms with E-state index in [1.54, 1.807) is 0 Å². The van der Waals surface area contributed by atoms with Gasteiger partial charge in [-0.2, -0.15) is 5.26 Å². The second kappa shape index (κ2) is 5.61. The Kier molecular flexibility index (Phi) is 4.14. The maximum Gasteiger partial charge on any atom is 0.128 e. The van der Waals surface area contributed by atoms with E-state index >= 15 is 0 Å². The molecule has 90 valence electrons. The summed E-state index contributed by atoms with van der Waals surface area (Å²) >= 11 is 3.25. The molecule has 17 heavy (non-hydrogen) atoms. The van der Waals surface area contributed by atoms with Crippen molar-refractivity contribution >= 4 is 15.9 Å². The van der Waals surface area contributed by atoms with Gasteiger partial charge in [-0.15, -0.1) is 0 Å². The van der Waals surface area contributed by atoms with Crippen molar-refractivity contribution in [3.8, 4) is 6.07 Å². The van der Waals surface area contributed by atoms with Crippen LogP contribution in [0.15, 0.2) is 22.7 Å². The van der Waals surface area contributed by atoms with Crippen LogP contribution in [0.4, 0.5) is 4.39 Å². The Bertz CT molecular complexity index is 434. The van der Waals surface area contributed by atoms with Crippen molar-refractivity contribution in [2.24, 2.45) is 5.92 Å². The first-order valence-electron chi connectivity index (χ1n) is 5.75. The highest BCUT2D eigenvalue weighted by Crippen LogP contribution is 2.21. The number of piperidine rings is 1. The largest absolute Gasteiger partial charge is 0.299 e. The zero-order chi connectivity index (χ0) is 12.3. The molecule has 0 saturated carbocycles. The molecule has 1 heterocycles. The summed E-state index contributed by atoms with van der Waals surface area (Å²) < 4.78 is 14.4. The summed E-state index contributed by atoms with van der Waals surface area (Å²) in [7, 11) is 0. The lowest BCUT2D eigenvalue weighted by molar-refractivity contribution is 0.196. The molecule has 1 aromatic rings. The van der Waals surface area contributed by atoms with Crippen molar-refractivity contribution in [1.82, 2.24) is 4.90 Å². The average Bonchev–Trinajstić information content (AvgIpc) is 2.34. The highest BCUT2D eigenvalue weighted by atomic mass is 79.9. The minimum absolute atomic E-state index is 0.165. The summed E-state index contributed by atoms with van der Waals surface area (Å²) in [5, 5.41) is 8.81. The summed E-state index contributed by atoms with van der Waals surface area (Å²) in [6, 6.07) is 7.47. The van der Waals surface area contributed by atoms with Gasteiger partial charge in [0.15, 0.2) is 0 Å². The predicted octanol–water partition coefficient (Wildman–Crippen LogP) is 3.32. The van der Waals surface area contributed by atoms with Crippen molar-refractivity contribution in [2.45, 2.75) is 19.4 Å². The fourth-order valence-corrected chi connectivity index (χ4v) is 2.44. The maximum absolute atomic E-state index is 13.6. The van der Waals surface area contributed by atoms with Gasteiger partial charge >= 0.3 is 0 Å². The van der Waals surface area contributed by atoms with Gasteiger partial charge in [0.2, 0.25) is 0 Å². The van der Waals surface area contributed by atoms with Gasteiger partial charge in [0.25, 0.3) is 0 Å². The Morgan fingerprint density at radius 3 is 2.71 bits per heavy atom. The third kappa shape index (κ3) is 3.27. The number of nitrogens with zero attached hydrogens (tertiary/aromatic N) is 2. The van der Waals surface area contributed by atoms with E-state index in [2.05, 4.69) is 26.9 Å². The number of likely N-dealkylation sites (tertiary alicyclic amines) is 1. The van der Waals surface area contributed by atoms with E-state index in [4.69, 9.17) is 5.26 Å². The topological polar surface area (TPSA) is 27.0 Å². The Labute approximate surface area is 109 Å². The molecule has 1 aliphatic rings. The molecule has 2 rings (SSSR count). The molecule has 1 saturated heterocycles. The van der Waals surface area contributed by atoms with Gasteiger partial charge in [-0.25, -0.2) is 4.39 Å². The molecule has 1 aliphatic heterocycles. The van der Waals surface area contributed by atoms with E-state index in [0.29, 0.717) is 6.54 Å². The quantitative estimate of drug-likeness (QED) is 0.837. The molecule has 0 aromatic heterocycles. The second-order valence-corrected chi connectivity index (χ2v) is 5.33. The van der Waals surface area contributed by atoms with Gasteiger partial charge in [-0.3, -0.25) is 4.90 Å². The fraction of sp³-hybridized carbons (Fsp3) is 0.462. The van der Waals surface area contributed by atoms with Crippen molar-refractivity contribution in [1.29, 1.82) is 5.26 Å². The molecule has 0 amide bonds. The van der Waals surface area contributed by atoms with Crippen LogP contribution in [0.1, 0.15) is 18.4 Å². The lowest BCUT2D eigenvalue weighted by Gasteiger charge is -2.29. The molecule has 0 atom stereocenters. The normalized spacial score (nSPS) is 17.9. The summed E-state index contributed by atoms with van der Waals surface area (Å²) in [5.41, 5.74) is 0.726. The van der Waals surface area contributed by atoms with E-state index < -0.39 is 0 Å². The molecular weight excluding hydrogens is 283 g/mol. The predicted molar refractivity (Wildman–Crippen MR) is 67.7 cm³/mol. The SMILES string of the molecule is N#CC1CCN(Cc2ccc(Br)cc2F)CC1. The van der Waals surface area contributed by atoms with Gasteiger partial charge in [0.1, 0.15) is 5.82 Å². The van der Waals surface area contributed by atoms with Crippen molar-refractivity contribution in [2.75, 3.05) is 13.1 Å². The first-order chi connectivity index (χ1) is 8.19. The van der Waals surface area contributed by atoms with Crippen molar-refractivity contribution in [3.05, 3.63) is 34.1 Å². The van der Waals surface area contributed by atoms with Gasteiger partial charge in [-0.1, -0.05) is 22.0 Å². The second-order valence-electron chi connectivity index (χ2n) is 4.42. The Hall–Kier alpha value is -0.920. The van der Waals surface area contributed by atoms with Crippen LogP contribution in [0.2, 0.25) is 0 Å². The summed E-state index contributed by atoms with van der Waals surface area (Å²) in [4.78, 5) is 2.21. The third-order valence-electron chi connectivity index (χ3n) is 3.18. The number of hydrogen-bond donors (Lipinski definition) is 0. The molecule has 0 bridgehead atoms. The van der Waals surface area contributed by atoms with E-state index in [9.17, 15) is 4.39 Å². The number of hydrogen-bond acceptors (Lipinski definition) is 2. The van der Waals surface area contributed by atoms with Crippen LogP contribution < -0.4 is 0 Å². The van der Waals surface area contributed by atoms with Crippen LogP contribution >= 0.6 is 15.9 Å². The van der Waals surface area contributed by atoms with Crippen LogP contribution in [-0.2, 0) is 6.54 Å². The molecule has 4 heteroatoms. The lowest BCUT2D eigenvalue weighted by atomic mass is 9.98. The van der Waals surface area contributed by atoms with E-state index in [1.807, 2.05) is 12.1 Å². The number of nitriles is 1. The van der Waals surface area contributed by atoms with Crippen LogP contribution in [0.3, 0.4) is 0 Å². The summed E-state index contributed by atoms with van der Waals surface area (Å²) in [6.45, 7) is 2.40. The van der Waals surface area contributed by atoms with Crippen LogP contribution in [0.5, 0.6) is 0 Å². The molecule has 2 nitrogen and oxygen atoms in total. The molecule has 1 fully saturated rings. The van der Waals surface area contributed by atoms with Crippen molar-refractivity contribution in [3.63, 3.8) is 0 Å². The monoisotopic (exact) mass is 296 g/mol. The minimum Gasteiger partial charge on any atom is -0.299 e. The minimum atomic E-state index is -0.165. The molecule has 1 aromatic carbocycles. The number of rotatable bonds is 2. The maximum atomic E-state index is 13.6. The first kappa shape index (κ1) is 12.5. The molecular formula is C13H14BrFN2. The van der Waals surface area contributed by atoms with Gasteiger partial charge < -0.3 is 0 Å². The van der Waals surface area contributed by atoms with E-state index in [0.717, 1.165) is 36.0 Å². The molecule has 0 radical (unpaired) electrons.